The number of carbonyl (C=O) groups is 4. The summed E-state index contributed by atoms with van der Waals surface area (Å²) in [5.74, 6) is -2.12. The molecule has 0 rings (SSSR count). The molecule has 0 aliphatic rings. The van der Waals surface area contributed by atoms with E-state index in [1.807, 2.05) is 0 Å². The van der Waals surface area contributed by atoms with Crippen molar-refractivity contribution in [3.8, 4) is 0 Å². The minimum atomic E-state index is -4.95. The predicted molar refractivity (Wildman–Crippen MR) is 354 cm³/mol. The van der Waals surface area contributed by atoms with E-state index in [0.717, 1.165) is 89.9 Å². The molecular formula is C69H134O17P2. The molecule has 19 heteroatoms. The van der Waals surface area contributed by atoms with Crippen molar-refractivity contribution in [1.82, 2.24) is 0 Å². The molecule has 0 radical (unpaired) electrons. The normalized spacial score (nSPS) is 14.0. The maximum absolute atomic E-state index is 13.0. The van der Waals surface area contributed by atoms with Crippen LogP contribution in [0.15, 0.2) is 0 Å². The second kappa shape index (κ2) is 63.8. The number of rotatable bonds is 70. The van der Waals surface area contributed by atoms with Gasteiger partial charge >= 0.3 is 39.5 Å². The molecule has 0 spiro atoms. The minimum absolute atomic E-state index is 0.108. The van der Waals surface area contributed by atoms with Gasteiger partial charge in [0.1, 0.15) is 19.3 Å². The van der Waals surface area contributed by atoms with Gasteiger partial charge in [-0.2, -0.15) is 0 Å². The molecule has 0 amide bonds. The standard InChI is InChI=1S/C69H134O17P2/c1-5-9-13-17-21-25-29-31-35-38-42-46-50-54-67(72)80-60-65(86-69(74)56-52-48-44-40-36-32-30-26-22-18-14-10-6-2)62-84-88(77,78)82-58-63(70)57-81-87(75,76)83-61-64(85-68(73)55-51-47-43-39-34-28-24-20-16-12-8-4)59-79-66(71)53-49-45-41-37-33-27-23-19-15-11-7-3/h63-65,70H,5-62H2,1-4H3,(H,75,76)(H,77,78)/t63?,64-,65-/m1/s1. The van der Waals surface area contributed by atoms with Gasteiger partial charge in [0, 0.05) is 25.7 Å². The van der Waals surface area contributed by atoms with Gasteiger partial charge in [0.05, 0.1) is 26.4 Å². The zero-order chi connectivity index (χ0) is 64.7. The number of aliphatic hydroxyl groups is 1. The van der Waals surface area contributed by atoms with Gasteiger partial charge in [-0.1, -0.05) is 310 Å². The summed E-state index contributed by atoms with van der Waals surface area (Å²) in [5.41, 5.74) is 0. The summed E-state index contributed by atoms with van der Waals surface area (Å²) in [4.78, 5) is 72.5. The van der Waals surface area contributed by atoms with Crippen LogP contribution in [0.25, 0.3) is 0 Å². The molecule has 0 heterocycles. The van der Waals surface area contributed by atoms with Crippen molar-refractivity contribution in [2.45, 2.75) is 380 Å². The van der Waals surface area contributed by atoms with Crippen LogP contribution in [-0.4, -0.2) is 96.7 Å². The van der Waals surface area contributed by atoms with Crippen molar-refractivity contribution in [2.75, 3.05) is 39.6 Å². The first-order valence-corrected chi connectivity index (χ1v) is 39.3. The maximum Gasteiger partial charge on any atom is 0.472 e. The molecular weight excluding hydrogens is 1160 g/mol. The van der Waals surface area contributed by atoms with E-state index in [1.165, 1.54) is 193 Å². The number of ether oxygens (including phenoxy) is 4. The molecule has 3 unspecified atom stereocenters. The number of hydrogen-bond donors (Lipinski definition) is 3. The molecule has 0 bridgehead atoms. The quantitative estimate of drug-likeness (QED) is 0.0222. The van der Waals surface area contributed by atoms with Crippen LogP contribution in [0.5, 0.6) is 0 Å². The molecule has 17 nitrogen and oxygen atoms in total. The van der Waals surface area contributed by atoms with Crippen LogP contribution in [0.1, 0.15) is 362 Å². The van der Waals surface area contributed by atoms with Gasteiger partial charge in [-0.3, -0.25) is 37.3 Å². The smallest absolute Gasteiger partial charge is 0.462 e. The lowest BCUT2D eigenvalue weighted by molar-refractivity contribution is -0.161. The molecule has 0 saturated heterocycles. The van der Waals surface area contributed by atoms with Crippen LogP contribution in [0, 0.1) is 0 Å². The zero-order valence-electron chi connectivity index (χ0n) is 56.7. The molecule has 0 aromatic heterocycles. The molecule has 3 N–H and O–H groups in total. The Kier molecular flexibility index (Phi) is 62.4. The third-order valence-corrected chi connectivity index (χ3v) is 18.0. The van der Waals surface area contributed by atoms with Gasteiger partial charge in [-0.25, -0.2) is 9.13 Å². The first-order chi connectivity index (χ1) is 42.7. The molecule has 522 valence electrons. The number of phosphoric acid groups is 2. The second-order valence-electron chi connectivity index (χ2n) is 24.9. The number of aliphatic hydroxyl groups excluding tert-OH is 1. The number of unbranched alkanes of at least 4 members (excludes halogenated alkanes) is 44. The van der Waals surface area contributed by atoms with Crippen molar-refractivity contribution in [1.29, 1.82) is 0 Å². The molecule has 0 fully saturated rings. The summed E-state index contributed by atoms with van der Waals surface area (Å²) in [5, 5.41) is 10.6. The average molecular weight is 1300 g/mol. The van der Waals surface area contributed by atoms with Crippen molar-refractivity contribution in [3.63, 3.8) is 0 Å². The highest BCUT2D eigenvalue weighted by atomic mass is 31.2. The highest BCUT2D eigenvalue weighted by molar-refractivity contribution is 7.47. The predicted octanol–water partition coefficient (Wildman–Crippen LogP) is 19.9. The van der Waals surface area contributed by atoms with E-state index in [4.69, 9.17) is 37.0 Å². The Balaban J connectivity index is 5.24. The molecule has 0 aromatic rings. The second-order valence-corrected chi connectivity index (χ2v) is 27.8. The lowest BCUT2D eigenvalue weighted by Gasteiger charge is -2.21. The Labute approximate surface area is 537 Å². The Morgan fingerprint density at radius 2 is 0.455 bits per heavy atom. The lowest BCUT2D eigenvalue weighted by Crippen LogP contribution is -2.30. The van der Waals surface area contributed by atoms with Gasteiger partial charge in [-0.05, 0) is 25.7 Å². The number of esters is 4. The van der Waals surface area contributed by atoms with Gasteiger partial charge in [-0.15, -0.1) is 0 Å². The number of hydrogen-bond acceptors (Lipinski definition) is 15. The maximum atomic E-state index is 13.0. The van der Waals surface area contributed by atoms with E-state index in [-0.39, 0.29) is 25.7 Å². The van der Waals surface area contributed by atoms with Crippen LogP contribution in [0.2, 0.25) is 0 Å². The van der Waals surface area contributed by atoms with Crippen molar-refractivity contribution in [2.24, 2.45) is 0 Å². The fraction of sp³-hybridized carbons (Fsp3) is 0.942. The molecule has 0 aliphatic carbocycles. The van der Waals surface area contributed by atoms with Crippen LogP contribution in [0.4, 0.5) is 0 Å². The minimum Gasteiger partial charge on any atom is -0.462 e. The molecule has 0 aromatic carbocycles. The summed E-state index contributed by atoms with van der Waals surface area (Å²) in [6.45, 7) is 4.94. The topological polar surface area (TPSA) is 237 Å². The lowest BCUT2D eigenvalue weighted by atomic mass is 10.0. The zero-order valence-corrected chi connectivity index (χ0v) is 58.5. The molecule has 0 aliphatic heterocycles. The van der Waals surface area contributed by atoms with Gasteiger partial charge < -0.3 is 33.8 Å². The van der Waals surface area contributed by atoms with Crippen molar-refractivity contribution < 1.29 is 80.2 Å². The van der Waals surface area contributed by atoms with Crippen molar-refractivity contribution >= 4 is 39.5 Å². The van der Waals surface area contributed by atoms with Crippen LogP contribution >= 0.6 is 15.6 Å². The van der Waals surface area contributed by atoms with Gasteiger partial charge in [0.2, 0.25) is 0 Å². The monoisotopic (exact) mass is 1300 g/mol. The highest BCUT2D eigenvalue weighted by Crippen LogP contribution is 2.45. The summed E-state index contributed by atoms with van der Waals surface area (Å²) >= 11 is 0. The summed E-state index contributed by atoms with van der Waals surface area (Å²) in [6, 6.07) is 0. The van der Waals surface area contributed by atoms with Crippen molar-refractivity contribution in [3.05, 3.63) is 0 Å². The van der Waals surface area contributed by atoms with E-state index in [2.05, 4.69) is 27.7 Å². The molecule has 5 atom stereocenters. The van der Waals surface area contributed by atoms with Crippen LogP contribution < -0.4 is 0 Å². The first-order valence-electron chi connectivity index (χ1n) is 36.3. The van der Waals surface area contributed by atoms with E-state index < -0.39 is 97.5 Å². The third kappa shape index (κ3) is 62.8. The van der Waals surface area contributed by atoms with Crippen LogP contribution in [0.3, 0.4) is 0 Å². The Hall–Kier alpha value is -1.94. The summed E-state index contributed by atoms with van der Waals surface area (Å²) in [6.07, 6.45) is 51.1. The number of phosphoric ester groups is 2. The summed E-state index contributed by atoms with van der Waals surface area (Å²) in [7, 11) is -9.89. The van der Waals surface area contributed by atoms with E-state index >= 15 is 0 Å². The molecule has 88 heavy (non-hydrogen) atoms. The first kappa shape index (κ1) is 86.1. The van der Waals surface area contributed by atoms with Gasteiger partial charge in [0.15, 0.2) is 12.2 Å². The van der Waals surface area contributed by atoms with E-state index in [9.17, 15) is 43.2 Å². The number of carbonyl (C=O) groups excluding carboxylic acids is 4. The Morgan fingerprint density at radius 3 is 0.670 bits per heavy atom. The molecule has 0 saturated carbocycles. The van der Waals surface area contributed by atoms with E-state index in [0.29, 0.717) is 25.7 Å². The summed E-state index contributed by atoms with van der Waals surface area (Å²) < 4.78 is 68.2. The third-order valence-electron chi connectivity index (χ3n) is 16.1. The van der Waals surface area contributed by atoms with E-state index in [1.54, 1.807) is 0 Å². The fourth-order valence-electron chi connectivity index (χ4n) is 10.5. The van der Waals surface area contributed by atoms with Gasteiger partial charge in [0.25, 0.3) is 0 Å². The Morgan fingerprint density at radius 1 is 0.273 bits per heavy atom. The van der Waals surface area contributed by atoms with Crippen LogP contribution in [-0.2, 0) is 65.4 Å². The highest BCUT2D eigenvalue weighted by Gasteiger charge is 2.30. The average Bonchev–Trinajstić information content (AvgIpc) is 3.51. The fourth-order valence-corrected chi connectivity index (χ4v) is 12.1. The largest absolute Gasteiger partial charge is 0.472 e. The Bertz CT molecular complexity index is 1690. The SMILES string of the molecule is CCCCCCCCCCCCCCCC(=O)OC[C@H](COP(=O)(O)OCC(O)COP(=O)(O)OC[C@@H](COC(=O)CCCCCCCCCCCCC)OC(=O)CCCCCCCCCCCCC)OC(=O)CCCCCCCCCCCCCCC.